The quantitative estimate of drug-likeness (QED) is 0.425. The summed E-state index contributed by atoms with van der Waals surface area (Å²) in [7, 11) is -2.41. The second kappa shape index (κ2) is 8.26. The summed E-state index contributed by atoms with van der Waals surface area (Å²) < 4.78 is 31.3. The molecule has 1 aromatic carbocycles. The van der Waals surface area contributed by atoms with E-state index in [0.29, 0.717) is 6.54 Å². The maximum Gasteiger partial charge on any atom is 0.337 e. The third kappa shape index (κ3) is 5.22. The molecule has 0 unspecified atom stereocenters. The molecular formula is C13H20N2O4S2. The number of nitrogen functional groups attached to an aromatic ring is 1. The van der Waals surface area contributed by atoms with Gasteiger partial charge in [-0.2, -0.15) is 11.8 Å². The average Bonchev–Trinajstić information content (AvgIpc) is 2.45. The summed E-state index contributed by atoms with van der Waals surface area (Å²) in [6.45, 7) is 0.362. The van der Waals surface area contributed by atoms with Crippen molar-refractivity contribution in [1.82, 2.24) is 4.72 Å². The van der Waals surface area contributed by atoms with Gasteiger partial charge in [-0.05, 0) is 43.0 Å². The molecule has 0 aliphatic heterocycles. The van der Waals surface area contributed by atoms with Gasteiger partial charge in [-0.3, -0.25) is 0 Å². The summed E-state index contributed by atoms with van der Waals surface area (Å²) in [6.07, 6.45) is 3.72. The Labute approximate surface area is 129 Å². The highest BCUT2D eigenvalue weighted by molar-refractivity contribution is 7.98. The summed E-state index contributed by atoms with van der Waals surface area (Å²) >= 11 is 1.72. The number of anilines is 1. The summed E-state index contributed by atoms with van der Waals surface area (Å²) in [4.78, 5) is 11.3. The zero-order valence-electron chi connectivity index (χ0n) is 12.1. The van der Waals surface area contributed by atoms with Crippen LogP contribution in [0.2, 0.25) is 0 Å². The van der Waals surface area contributed by atoms with Crippen LogP contribution in [0.25, 0.3) is 0 Å². The molecule has 0 aromatic heterocycles. The van der Waals surface area contributed by atoms with Gasteiger partial charge in [-0.25, -0.2) is 17.9 Å². The number of ether oxygens (including phenoxy) is 1. The van der Waals surface area contributed by atoms with Gasteiger partial charge in [0.2, 0.25) is 10.0 Å². The molecule has 1 aromatic rings. The molecule has 0 fully saturated rings. The molecule has 0 bridgehead atoms. The van der Waals surface area contributed by atoms with Crippen molar-refractivity contribution in [2.45, 2.75) is 17.7 Å². The summed E-state index contributed by atoms with van der Waals surface area (Å²) in [5.41, 5.74) is 5.96. The van der Waals surface area contributed by atoms with Gasteiger partial charge < -0.3 is 10.5 Å². The molecule has 21 heavy (non-hydrogen) atoms. The number of methoxy groups -OCH3 is 1. The number of carbonyl (C=O) groups is 1. The van der Waals surface area contributed by atoms with E-state index < -0.39 is 16.0 Å². The van der Waals surface area contributed by atoms with Crippen LogP contribution in [0.15, 0.2) is 23.1 Å². The number of hydrogen-bond acceptors (Lipinski definition) is 6. The largest absolute Gasteiger partial charge is 0.465 e. The second-order valence-corrected chi connectivity index (χ2v) is 7.06. The zero-order valence-corrected chi connectivity index (χ0v) is 13.7. The lowest BCUT2D eigenvalue weighted by molar-refractivity contribution is 0.0600. The van der Waals surface area contributed by atoms with Gasteiger partial charge in [-0.15, -0.1) is 0 Å². The molecular weight excluding hydrogens is 312 g/mol. The predicted octanol–water partition coefficient (Wildman–Crippen LogP) is 1.48. The third-order valence-corrected chi connectivity index (χ3v) is 5.02. The highest BCUT2D eigenvalue weighted by Gasteiger charge is 2.18. The van der Waals surface area contributed by atoms with Crippen LogP contribution < -0.4 is 10.5 Å². The van der Waals surface area contributed by atoms with Gasteiger partial charge >= 0.3 is 5.97 Å². The van der Waals surface area contributed by atoms with Crippen molar-refractivity contribution >= 4 is 33.4 Å². The van der Waals surface area contributed by atoms with Crippen molar-refractivity contribution in [2.24, 2.45) is 0 Å². The molecule has 8 heteroatoms. The van der Waals surface area contributed by atoms with Gasteiger partial charge in [0, 0.05) is 6.54 Å². The number of esters is 1. The van der Waals surface area contributed by atoms with Crippen molar-refractivity contribution in [3.8, 4) is 0 Å². The Kier molecular flexibility index (Phi) is 7.00. The van der Waals surface area contributed by atoms with Crippen molar-refractivity contribution < 1.29 is 17.9 Å². The Morgan fingerprint density at radius 2 is 2.10 bits per heavy atom. The number of nitrogens with one attached hydrogen (secondary N) is 1. The molecule has 1 rings (SSSR count). The standard InChI is InChI=1S/C13H20N2O4S2/c1-19-13(16)10-5-6-12(11(14)9-10)21(17,18)15-7-3-4-8-20-2/h5-6,9,15H,3-4,7-8,14H2,1-2H3. The topological polar surface area (TPSA) is 98.5 Å². The summed E-state index contributed by atoms with van der Waals surface area (Å²) in [6, 6.07) is 3.99. The average molecular weight is 332 g/mol. The minimum Gasteiger partial charge on any atom is -0.465 e. The normalized spacial score (nSPS) is 11.3. The van der Waals surface area contributed by atoms with E-state index in [1.807, 2.05) is 6.26 Å². The summed E-state index contributed by atoms with van der Waals surface area (Å²) in [5.74, 6) is 0.438. The van der Waals surface area contributed by atoms with E-state index in [9.17, 15) is 13.2 Å². The van der Waals surface area contributed by atoms with E-state index in [1.165, 1.54) is 25.3 Å². The number of rotatable bonds is 8. The van der Waals surface area contributed by atoms with Crippen molar-refractivity contribution in [1.29, 1.82) is 0 Å². The Morgan fingerprint density at radius 1 is 1.38 bits per heavy atom. The van der Waals surface area contributed by atoms with E-state index in [2.05, 4.69) is 9.46 Å². The van der Waals surface area contributed by atoms with Crippen LogP contribution in [0, 0.1) is 0 Å². The van der Waals surface area contributed by atoms with Gasteiger partial charge in [0.1, 0.15) is 4.90 Å². The van der Waals surface area contributed by atoms with Crippen LogP contribution in [0.1, 0.15) is 23.2 Å². The SMILES string of the molecule is COC(=O)c1ccc(S(=O)(=O)NCCCCSC)c(N)c1. The molecule has 0 saturated carbocycles. The Morgan fingerprint density at radius 3 is 2.67 bits per heavy atom. The molecule has 0 heterocycles. The number of hydrogen-bond donors (Lipinski definition) is 2. The highest BCUT2D eigenvalue weighted by Crippen LogP contribution is 2.20. The lowest BCUT2D eigenvalue weighted by Gasteiger charge is -2.10. The van der Waals surface area contributed by atoms with E-state index in [-0.39, 0.29) is 16.1 Å². The Balaban J connectivity index is 2.77. The van der Waals surface area contributed by atoms with Gasteiger partial charge in [0.15, 0.2) is 0 Å². The van der Waals surface area contributed by atoms with E-state index in [0.717, 1.165) is 18.6 Å². The van der Waals surface area contributed by atoms with Crippen molar-refractivity contribution in [3.05, 3.63) is 23.8 Å². The maximum atomic E-state index is 12.1. The fourth-order valence-corrected chi connectivity index (χ4v) is 3.37. The van der Waals surface area contributed by atoms with Crippen LogP contribution in [0.3, 0.4) is 0 Å². The van der Waals surface area contributed by atoms with E-state index in [1.54, 1.807) is 11.8 Å². The molecule has 0 atom stereocenters. The highest BCUT2D eigenvalue weighted by atomic mass is 32.2. The van der Waals surface area contributed by atoms with E-state index >= 15 is 0 Å². The van der Waals surface area contributed by atoms with Crippen LogP contribution in [0.4, 0.5) is 5.69 Å². The molecule has 0 amide bonds. The smallest absolute Gasteiger partial charge is 0.337 e. The number of carbonyl (C=O) groups excluding carboxylic acids is 1. The van der Waals surface area contributed by atoms with Crippen molar-refractivity contribution in [3.63, 3.8) is 0 Å². The molecule has 0 aliphatic carbocycles. The number of unbranched alkanes of at least 4 members (excludes halogenated alkanes) is 1. The molecule has 3 N–H and O–H groups in total. The Bertz CT molecular complexity index is 588. The van der Waals surface area contributed by atoms with Gasteiger partial charge in [0.25, 0.3) is 0 Å². The zero-order chi connectivity index (χ0) is 15.9. The van der Waals surface area contributed by atoms with E-state index in [4.69, 9.17) is 5.73 Å². The molecule has 0 spiro atoms. The third-order valence-electron chi connectivity index (χ3n) is 2.79. The van der Waals surface area contributed by atoms with Crippen molar-refractivity contribution in [2.75, 3.05) is 31.4 Å². The lowest BCUT2D eigenvalue weighted by Crippen LogP contribution is -2.25. The molecule has 0 saturated heterocycles. The predicted molar refractivity (Wildman–Crippen MR) is 85.0 cm³/mol. The van der Waals surface area contributed by atoms with Crippen LogP contribution >= 0.6 is 11.8 Å². The monoisotopic (exact) mass is 332 g/mol. The van der Waals surface area contributed by atoms with Crippen LogP contribution in [-0.4, -0.2) is 40.1 Å². The van der Waals surface area contributed by atoms with Gasteiger partial charge in [0.05, 0.1) is 18.4 Å². The molecule has 0 aliphatic rings. The number of sulfonamides is 1. The first-order valence-electron chi connectivity index (χ1n) is 6.39. The second-order valence-electron chi connectivity index (χ2n) is 4.34. The maximum absolute atomic E-state index is 12.1. The minimum absolute atomic E-state index is 0.0227. The van der Waals surface area contributed by atoms with Crippen LogP contribution in [-0.2, 0) is 14.8 Å². The number of benzene rings is 1. The van der Waals surface area contributed by atoms with Crippen LogP contribution in [0.5, 0.6) is 0 Å². The number of nitrogens with two attached hydrogens (primary N) is 1. The first-order valence-corrected chi connectivity index (χ1v) is 9.26. The lowest BCUT2D eigenvalue weighted by atomic mass is 10.2. The summed E-state index contributed by atoms with van der Waals surface area (Å²) in [5, 5.41) is 0. The fourth-order valence-electron chi connectivity index (χ4n) is 1.69. The molecule has 6 nitrogen and oxygen atoms in total. The Hall–Kier alpha value is -1.25. The first kappa shape index (κ1) is 17.8. The van der Waals surface area contributed by atoms with Gasteiger partial charge in [-0.1, -0.05) is 0 Å². The number of thioether (sulfide) groups is 1. The fraction of sp³-hybridized carbons (Fsp3) is 0.462. The molecule has 0 radical (unpaired) electrons. The molecule has 118 valence electrons. The first-order chi connectivity index (χ1) is 9.92. The minimum atomic E-state index is -3.66.